The Bertz CT molecular complexity index is 1110. The molecule has 4 rings (SSSR count). The summed E-state index contributed by atoms with van der Waals surface area (Å²) >= 11 is 0. The Morgan fingerprint density at radius 2 is 2.00 bits per heavy atom. The van der Waals surface area contributed by atoms with Gasteiger partial charge in [0, 0.05) is 52.9 Å². The van der Waals surface area contributed by atoms with E-state index in [1.54, 1.807) is 0 Å². The fourth-order valence-corrected chi connectivity index (χ4v) is 3.24. The Balaban J connectivity index is 1.72. The molecule has 0 saturated carbocycles. The number of fused-ring (bicyclic) bond motifs is 1. The number of nitrogen functional groups attached to an aromatic ring is 1. The molecule has 4 heterocycles. The van der Waals surface area contributed by atoms with Gasteiger partial charge in [-0.2, -0.15) is 5.10 Å². The van der Waals surface area contributed by atoms with Crippen molar-refractivity contribution in [2.45, 2.75) is 40.2 Å². The second kappa shape index (κ2) is 7.42. The molecular weight excluding hydrogens is 350 g/mol. The molecule has 0 unspecified atom stereocenters. The Morgan fingerprint density at radius 3 is 2.79 bits per heavy atom. The highest BCUT2D eigenvalue weighted by atomic mass is 15.3. The standard InChI is InChI=1S/C21H25N7/c1-4-16-8-19(27-21(22)26-16)18-11-24-20-17(18)7-14(9-23-20)15-10-25-28(12-15)6-5-13(2)3/h7-13H,4-6H2,1-3H3,(H,23,24)(H2,22,26,27). The molecule has 0 spiro atoms. The largest absolute Gasteiger partial charge is 0.368 e. The Labute approximate surface area is 164 Å². The predicted octanol–water partition coefficient (Wildman–Crippen LogP) is 4.07. The van der Waals surface area contributed by atoms with Crippen molar-refractivity contribution in [3.05, 3.63) is 42.6 Å². The first-order chi connectivity index (χ1) is 13.5. The van der Waals surface area contributed by atoms with Crippen LogP contribution in [0.5, 0.6) is 0 Å². The van der Waals surface area contributed by atoms with Gasteiger partial charge in [0.2, 0.25) is 5.95 Å². The molecule has 0 saturated heterocycles. The van der Waals surface area contributed by atoms with Crippen LogP contribution < -0.4 is 5.73 Å². The lowest BCUT2D eigenvalue weighted by Crippen LogP contribution is -2.01. The number of nitrogens with one attached hydrogen (secondary N) is 1. The third kappa shape index (κ3) is 3.60. The number of pyridine rings is 1. The summed E-state index contributed by atoms with van der Waals surface area (Å²) in [4.78, 5) is 16.5. The van der Waals surface area contributed by atoms with Gasteiger partial charge >= 0.3 is 0 Å². The number of hydrogen-bond donors (Lipinski definition) is 2. The van der Waals surface area contributed by atoms with E-state index in [9.17, 15) is 0 Å². The van der Waals surface area contributed by atoms with Crippen LogP contribution in [0.25, 0.3) is 33.4 Å². The average molecular weight is 375 g/mol. The van der Waals surface area contributed by atoms with Crippen molar-refractivity contribution in [1.82, 2.24) is 29.7 Å². The number of nitrogens with two attached hydrogens (primary N) is 1. The minimum atomic E-state index is 0.291. The van der Waals surface area contributed by atoms with Crippen LogP contribution in [0.1, 0.15) is 32.9 Å². The van der Waals surface area contributed by atoms with Gasteiger partial charge < -0.3 is 10.7 Å². The quantitative estimate of drug-likeness (QED) is 0.529. The molecule has 0 fully saturated rings. The first kappa shape index (κ1) is 18.2. The van der Waals surface area contributed by atoms with Crippen LogP contribution in [0, 0.1) is 5.92 Å². The van der Waals surface area contributed by atoms with E-state index in [4.69, 9.17) is 5.73 Å². The first-order valence-corrected chi connectivity index (χ1v) is 9.67. The molecule has 144 valence electrons. The Morgan fingerprint density at radius 1 is 1.14 bits per heavy atom. The van der Waals surface area contributed by atoms with Crippen LogP contribution in [0.3, 0.4) is 0 Å². The van der Waals surface area contributed by atoms with Crippen molar-refractivity contribution in [3.8, 4) is 22.4 Å². The number of aromatic amines is 1. The van der Waals surface area contributed by atoms with E-state index in [1.165, 1.54) is 0 Å². The van der Waals surface area contributed by atoms with Gasteiger partial charge in [-0.05, 0) is 30.9 Å². The summed E-state index contributed by atoms with van der Waals surface area (Å²) < 4.78 is 2.00. The number of rotatable bonds is 6. The fourth-order valence-electron chi connectivity index (χ4n) is 3.24. The topological polar surface area (TPSA) is 98.3 Å². The van der Waals surface area contributed by atoms with Crippen molar-refractivity contribution in [3.63, 3.8) is 0 Å². The van der Waals surface area contributed by atoms with Crippen molar-refractivity contribution in [1.29, 1.82) is 0 Å². The third-order valence-corrected chi connectivity index (χ3v) is 4.87. The van der Waals surface area contributed by atoms with E-state index in [0.717, 1.165) is 58.5 Å². The van der Waals surface area contributed by atoms with Crippen LogP contribution >= 0.6 is 0 Å². The van der Waals surface area contributed by atoms with Crippen LogP contribution in [-0.2, 0) is 13.0 Å². The molecule has 4 aromatic rings. The van der Waals surface area contributed by atoms with Crippen molar-refractivity contribution < 1.29 is 0 Å². The molecule has 3 N–H and O–H groups in total. The number of hydrogen-bond acceptors (Lipinski definition) is 5. The molecular formula is C21H25N7. The first-order valence-electron chi connectivity index (χ1n) is 9.67. The van der Waals surface area contributed by atoms with Crippen LogP contribution in [-0.4, -0.2) is 29.7 Å². The molecule has 0 aliphatic rings. The molecule has 0 amide bonds. The molecule has 28 heavy (non-hydrogen) atoms. The van der Waals surface area contributed by atoms with Gasteiger partial charge in [-0.3, -0.25) is 4.68 Å². The summed E-state index contributed by atoms with van der Waals surface area (Å²) in [5.74, 6) is 0.945. The molecule has 7 heteroatoms. The van der Waals surface area contributed by atoms with Crippen molar-refractivity contribution in [2.24, 2.45) is 5.92 Å². The van der Waals surface area contributed by atoms with Crippen LogP contribution in [0.2, 0.25) is 0 Å². The number of H-pyrrole nitrogens is 1. The third-order valence-electron chi connectivity index (χ3n) is 4.87. The highest BCUT2D eigenvalue weighted by Crippen LogP contribution is 2.30. The monoisotopic (exact) mass is 375 g/mol. The average Bonchev–Trinajstić information content (AvgIpc) is 3.32. The maximum atomic E-state index is 5.90. The number of nitrogens with zero attached hydrogens (tertiary/aromatic N) is 5. The second-order valence-corrected chi connectivity index (χ2v) is 7.45. The zero-order chi connectivity index (χ0) is 19.7. The van der Waals surface area contributed by atoms with E-state index in [1.807, 2.05) is 29.3 Å². The number of aromatic nitrogens is 6. The van der Waals surface area contributed by atoms with Crippen LogP contribution in [0.15, 0.2) is 36.9 Å². The number of anilines is 1. The van der Waals surface area contributed by atoms with Gasteiger partial charge in [0.15, 0.2) is 0 Å². The summed E-state index contributed by atoms with van der Waals surface area (Å²) in [7, 11) is 0. The van der Waals surface area contributed by atoms with E-state index < -0.39 is 0 Å². The van der Waals surface area contributed by atoms with E-state index in [0.29, 0.717) is 11.9 Å². The summed E-state index contributed by atoms with van der Waals surface area (Å²) in [6.45, 7) is 7.42. The summed E-state index contributed by atoms with van der Waals surface area (Å²) in [5.41, 5.74) is 11.5. The normalized spacial score (nSPS) is 11.6. The van der Waals surface area contributed by atoms with Gasteiger partial charge in [-0.15, -0.1) is 0 Å². The Hall–Kier alpha value is -3.22. The molecule has 4 aromatic heterocycles. The summed E-state index contributed by atoms with van der Waals surface area (Å²) in [6.07, 6.45) is 9.69. The highest BCUT2D eigenvalue weighted by molar-refractivity contribution is 5.95. The van der Waals surface area contributed by atoms with Crippen LogP contribution in [0.4, 0.5) is 5.95 Å². The van der Waals surface area contributed by atoms with Gasteiger partial charge in [0.05, 0.1) is 11.9 Å². The smallest absolute Gasteiger partial charge is 0.220 e. The molecule has 0 aliphatic carbocycles. The van der Waals surface area contributed by atoms with Gasteiger partial charge in [0.25, 0.3) is 0 Å². The number of aryl methyl sites for hydroxylation is 2. The van der Waals surface area contributed by atoms with Gasteiger partial charge in [-0.25, -0.2) is 15.0 Å². The maximum absolute atomic E-state index is 5.90. The predicted molar refractivity (Wildman–Crippen MR) is 112 cm³/mol. The van der Waals surface area contributed by atoms with Gasteiger partial charge in [-0.1, -0.05) is 20.8 Å². The minimum absolute atomic E-state index is 0.291. The maximum Gasteiger partial charge on any atom is 0.220 e. The Kier molecular flexibility index (Phi) is 4.81. The molecule has 0 aromatic carbocycles. The molecule has 0 atom stereocenters. The molecule has 7 nitrogen and oxygen atoms in total. The highest BCUT2D eigenvalue weighted by Gasteiger charge is 2.13. The second-order valence-electron chi connectivity index (χ2n) is 7.45. The zero-order valence-corrected chi connectivity index (χ0v) is 16.5. The molecule has 0 bridgehead atoms. The van der Waals surface area contributed by atoms with E-state index >= 15 is 0 Å². The SMILES string of the molecule is CCc1cc(-c2c[nH]c3ncc(-c4cnn(CCC(C)C)c4)cc23)nc(N)n1. The van der Waals surface area contributed by atoms with Crippen molar-refractivity contribution >= 4 is 17.0 Å². The molecule has 0 radical (unpaired) electrons. The van der Waals surface area contributed by atoms with E-state index in [-0.39, 0.29) is 0 Å². The van der Waals surface area contributed by atoms with E-state index in [2.05, 4.69) is 58.1 Å². The fraction of sp³-hybridized carbons (Fsp3) is 0.333. The molecule has 0 aliphatic heterocycles. The lowest BCUT2D eigenvalue weighted by atomic mass is 10.1. The summed E-state index contributed by atoms with van der Waals surface area (Å²) in [5, 5.41) is 5.50. The van der Waals surface area contributed by atoms with Crippen molar-refractivity contribution in [2.75, 3.05) is 5.73 Å². The lowest BCUT2D eigenvalue weighted by molar-refractivity contribution is 0.487. The minimum Gasteiger partial charge on any atom is -0.368 e. The zero-order valence-electron chi connectivity index (χ0n) is 16.5. The lowest BCUT2D eigenvalue weighted by Gasteiger charge is -2.05. The van der Waals surface area contributed by atoms with Gasteiger partial charge in [0.1, 0.15) is 5.65 Å². The summed E-state index contributed by atoms with van der Waals surface area (Å²) in [6, 6.07) is 4.11.